The van der Waals surface area contributed by atoms with Crippen molar-refractivity contribution in [2.75, 3.05) is 13.2 Å². The van der Waals surface area contributed by atoms with E-state index < -0.39 is 0 Å². The first-order chi connectivity index (χ1) is 9.90. The molecule has 0 aliphatic rings. The zero-order valence-corrected chi connectivity index (χ0v) is 11.8. The molecule has 106 valence electrons. The quantitative estimate of drug-likeness (QED) is 0.720. The largest absolute Gasteiger partial charge is 0.396 e. The third kappa shape index (κ3) is 4.80. The Bertz CT molecular complexity index is 469. The monoisotopic (exact) mass is 269 g/mol. The average Bonchev–Trinajstić information content (AvgIpc) is 2.52. The minimum atomic E-state index is 0.274. The van der Waals surface area contributed by atoms with Crippen molar-refractivity contribution in [2.24, 2.45) is 0 Å². The van der Waals surface area contributed by atoms with Gasteiger partial charge in [0.2, 0.25) is 0 Å². The fourth-order valence-corrected chi connectivity index (χ4v) is 2.36. The van der Waals surface area contributed by atoms with E-state index in [-0.39, 0.29) is 6.61 Å². The van der Waals surface area contributed by atoms with Crippen LogP contribution >= 0.6 is 0 Å². The molecule has 0 aliphatic carbocycles. The molecule has 2 aromatic carbocycles. The molecule has 0 saturated carbocycles. The summed E-state index contributed by atoms with van der Waals surface area (Å²) in [6, 6.07) is 21.5. The van der Waals surface area contributed by atoms with Crippen molar-refractivity contribution in [1.29, 1.82) is 0 Å². The lowest BCUT2D eigenvalue weighted by Crippen LogP contribution is -2.24. The molecule has 2 N–H and O–H groups in total. The summed E-state index contributed by atoms with van der Waals surface area (Å²) in [5.41, 5.74) is 2.66. The van der Waals surface area contributed by atoms with Gasteiger partial charge in [0.25, 0.3) is 0 Å². The van der Waals surface area contributed by atoms with Gasteiger partial charge in [0.05, 0.1) is 0 Å². The summed E-state index contributed by atoms with van der Waals surface area (Å²) in [7, 11) is 0. The fraction of sp³-hybridized carbons (Fsp3) is 0.333. The Kier molecular flexibility index (Phi) is 6.28. The smallest absolute Gasteiger partial charge is 0.0431 e. The van der Waals surface area contributed by atoms with Gasteiger partial charge in [-0.25, -0.2) is 0 Å². The van der Waals surface area contributed by atoms with E-state index in [2.05, 4.69) is 66.0 Å². The number of aliphatic hydroxyl groups is 1. The normalized spacial score (nSPS) is 12.2. The van der Waals surface area contributed by atoms with Crippen LogP contribution in [-0.2, 0) is 6.42 Å². The van der Waals surface area contributed by atoms with Gasteiger partial charge in [-0.15, -0.1) is 0 Å². The number of benzene rings is 2. The van der Waals surface area contributed by atoms with Gasteiger partial charge in [0, 0.05) is 12.6 Å². The highest BCUT2D eigenvalue weighted by Gasteiger charge is 2.10. The Labute approximate surface area is 121 Å². The van der Waals surface area contributed by atoms with Crippen molar-refractivity contribution in [3.63, 3.8) is 0 Å². The molecule has 0 heterocycles. The molecule has 20 heavy (non-hydrogen) atoms. The highest BCUT2D eigenvalue weighted by molar-refractivity contribution is 5.23. The lowest BCUT2D eigenvalue weighted by molar-refractivity contribution is 0.282. The average molecular weight is 269 g/mol. The number of rotatable bonds is 8. The molecular weight excluding hydrogens is 246 g/mol. The van der Waals surface area contributed by atoms with Crippen LogP contribution in [0.4, 0.5) is 0 Å². The molecule has 0 bridgehead atoms. The Morgan fingerprint density at radius 3 is 2.15 bits per heavy atom. The van der Waals surface area contributed by atoms with Crippen molar-refractivity contribution >= 4 is 0 Å². The highest BCUT2D eigenvalue weighted by atomic mass is 16.2. The van der Waals surface area contributed by atoms with Crippen LogP contribution in [0.15, 0.2) is 60.7 Å². The van der Waals surface area contributed by atoms with Gasteiger partial charge < -0.3 is 10.4 Å². The summed E-state index contributed by atoms with van der Waals surface area (Å²) >= 11 is 0. The van der Waals surface area contributed by atoms with Gasteiger partial charge >= 0.3 is 0 Å². The lowest BCUT2D eigenvalue weighted by Gasteiger charge is -2.19. The minimum Gasteiger partial charge on any atom is -0.396 e. The van der Waals surface area contributed by atoms with E-state index in [0.717, 1.165) is 25.8 Å². The Morgan fingerprint density at radius 1 is 0.850 bits per heavy atom. The van der Waals surface area contributed by atoms with Crippen LogP contribution in [0.1, 0.15) is 30.0 Å². The Balaban J connectivity index is 2.00. The molecule has 0 saturated heterocycles. The number of hydrogen-bond donors (Lipinski definition) is 2. The predicted molar refractivity (Wildman–Crippen MR) is 83.7 cm³/mol. The Hall–Kier alpha value is -1.64. The molecule has 0 aromatic heterocycles. The van der Waals surface area contributed by atoms with Crippen LogP contribution in [0.3, 0.4) is 0 Å². The summed E-state index contributed by atoms with van der Waals surface area (Å²) in [6.45, 7) is 1.21. The topological polar surface area (TPSA) is 32.3 Å². The number of aliphatic hydroxyl groups excluding tert-OH is 1. The predicted octanol–water partition coefficient (Wildman–Crippen LogP) is 3.33. The van der Waals surface area contributed by atoms with Crippen LogP contribution in [0.2, 0.25) is 0 Å². The second kappa shape index (κ2) is 8.51. The highest BCUT2D eigenvalue weighted by Crippen LogP contribution is 2.18. The first kappa shape index (κ1) is 14.8. The number of unbranched alkanes of at least 4 members (excludes halogenated alkanes) is 1. The van der Waals surface area contributed by atoms with Crippen LogP contribution in [0, 0.1) is 0 Å². The molecule has 2 heteroatoms. The van der Waals surface area contributed by atoms with Crippen LogP contribution in [0.5, 0.6) is 0 Å². The Morgan fingerprint density at radius 2 is 1.50 bits per heavy atom. The summed E-state index contributed by atoms with van der Waals surface area (Å²) < 4.78 is 0. The van der Waals surface area contributed by atoms with Gasteiger partial charge in [0.1, 0.15) is 0 Å². The molecule has 1 atom stereocenters. The molecule has 2 nitrogen and oxygen atoms in total. The first-order valence-corrected chi connectivity index (χ1v) is 7.33. The summed E-state index contributed by atoms with van der Waals surface area (Å²) in [5, 5.41) is 12.5. The van der Waals surface area contributed by atoms with Gasteiger partial charge in [-0.2, -0.15) is 0 Å². The van der Waals surface area contributed by atoms with Gasteiger partial charge in [0.15, 0.2) is 0 Å². The van der Waals surface area contributed by atoms with E-state index >= 15 is 0 Å². The lowest BCUT2D eigenvalue weighted by atomic mass is 9.99. The maximum Gasteiger partial charge on any atom is 0.0431 e. The van der Waals surface area contributed by atoms with E-state index in [1.165, 1.54) is 11.1 Å². The zero-order chi connectivity index (χ0) is 14.0. The minimum absolute atomic E-state index is 0.274. The van der Waals surface area contributed by atoms with Crippen molar-refractivity contribution in [1.82, 2.24) is 5.32 Å². The van der Waals surface area contributed by atoms with Crippen LogP contribution in [-0.4, -0.2) is 18.3 Å². The molecule has 0 amide bonds. The van der Waals surface area contributed by atoms with Gasteiger partial charge in [-0.3, -0.25) is 0 Å². The van der Waals surface area contributed by atoms with Gasteiger partial charge in [-0.05, 0) is 36.9 Å². The summed E-state index contributed by atoms with van der Waals surface area (Å²) in [6.07, 6.45) is 2.86. The maximum absolute atomic E-state index is 8.86. The fourth-order valence-electron chi connectivity index (χ4n) is 2.36. The molecule has 2 aromatic rings. The zero-order valence-electron chi connectivity index (χ0n) is 11.8. The van der Waals surface area contributed by atoms with E-state index in [1.807, 2.05) is 0 Å². The third-order valence-corrected chi connectivity index (χ3v) is 3.46. The van der Waals surface area contributed by atoms with Crippen molar-refractivity contribution in [3.8, 4) is 0 Å². The number of nitrogens with one attached hydrogen (secondary N) is 1. The first-order valence-electron chi connectivity index (χ1n) is 7.33. The molecule has 0 radical (unpaired) electrons. The standard InChI is InChI=1S/C18H23NO/c20-14-8-7-13-19-18(17-11-5-2-6-12-17)15-16-9-3-1-4-10-16/h1-6,9-12,18-20H,7-8,13-15H2. The van der Waals surface area contributed by atoms with Crippen molar-refractivity contribution < 1.29 is 5.11 Å². The van der Waals surface area contributed by atoms with Crippen LogP contribution < -0.4 is 5.32 Å². The van der Waals surface area contributed by atoms with E-state index in [0.29, 0.717) is 6.04 Å². The van der Waals surface area contributed by atoms with Crippen LogP contribution in [0.25, 0.3) is 0 Å². The molecule has 0 fully saturated rings. The van der Waals surface area contributed by atoms with E-state index in [4.69, 9.17) is 5.11 Å². The molecule has 0 spiro atoms. The summed E-state index contributed by atoms with van der Waals surface area (Å²) in [4.78, 5) is 0. The second-order valence-electron chi connectivity index (χ2n) is 5.04. The maximum atomic E-state index is 8.86. The van der Waals surface area contributed by atoms with Crippen molar-refractivity contribution in [2.45, 2.75) is 25.3 Å². The van der Waals surface area contributed by atoms with Crippen molar-refractivity contribution in [3.05, 3.63) is 71.8 Å². The van der Waals surface area contributed by atoms with E-state index in [1.54, 1.807) is 0 Å². The van der Waals surface area contributed by atoms with E-state index in [9.17, 15) is 0 Å². The van der Waals surface area contributed by atoms with Gasteiger partial charge in [-0.1, -0.05) is 60.7 Å². The molecule has 0 aliphatic heterocycles. The third-order valence-electron chi connectivity index (χ3n) is 3.46. The summed E-state index contributed by atoms with van der Waals surface area (Å²) in [5.74, 6) is 0. The molecule has 2 rings (SSSR count). The SMILES string of the molecule is OCCCCNC(Cc1ccccc1)c1ccccc1. The molecule has 1 unspecified atom stereocenters. The second-order valence-corrected chi connectivity index (χ2v) is 5.04. The number of hydrogen-bond acceptors (Lipinski definition) is 2. The molecular formula is C18H23NO.